The van der Waals surface area contributed by atoms with Crippen molar-refractivity contribution in [2.75, 3.05) is 30.8 Å². The van der Waals surface area contributed by atoms with Crippen molar-refractivity contribution in [2.45, 2.75) is 32.6 Å². The smallest absolute Gasteiger partial charge is 0.222 e. The number of rotatable bonds is 7. The first-order valence-corrected chi connectivity index (χ1v) is 9.83. The number of nitrogens with one attached hydrogen (secondary N) is 2. The van der Waals surface area contributed by atoms with Crippen LogP contribution in [0.15, 0.2) is 30.9 Å². The molecule has 0 amide bonds. The third-order valence-electron chi connectivity index (χ3n) is 5.04. The van der Waals surface area contributed by atoms with Crippen LogP contribution in [0.4, 0.5) is 11.8 Å². The van der Waals surface area contributed by atoms with E-state index in [4.69, 9.17) is 4.74 Å². The molecular weight excluding hydrogens is 366 g/mol. The summed E-state index contributed by atoms with van der Waals surface area (Å²) in [4.78, 5) is 21.7. The second-order valence-electron chi connectivity index (χ2n) is 7.18. The van der Waals surface area contributed by atoms with E-state index in [9.17, 15) is 0 Å². The highest BCUT2D eigenvalue weighted by atomic mass is 16.5. The Bertz CT molecular complexity index is 991. The molecule has 4 heterocycles. The van der Waals surface area contributed by atoms with Crippen molar-refractivity contribution in [2.24, 2.45) is 0 Å². The summed E-state index contributed by atoms with van der Waals surface area (Å²) in [5.74, 6) is 2.71. The minimum absolute atomic E-state index is 0.361. The van der Waals surface area contributed by atoms with Crippen LogP contribution in [0.5, 0.6) is 5.75 Å². The Hall–Kier alpha value is -3.29. The predicted octanol–water partition coefficient (Wildman–Crippen LogP) is 3.22. The van der Waals surface area contributed by atoms with Gasteiger partial charge in [0.05, 0.1) is 18.0 Å². The first kappa shape index (κ1) is 19.0. The van der Waals surface area contributed by atoms with Crippen LogP contribution in [0.2, 0.25) is 0 Å². The maximum Gasteiger partial charge on any atom is 0.222 e. The average Bonchev–Trinajstić information content (AvgIpc) is 3.21. The predicted molar refractivity (Wildman–Crippen MR) is 112 cm³/mol. The van der Waals surface area contributed by atoms with Gasteiger partial charge in [0.1, 0.15) is 17.9 Å². The molecule has 29 heavy (non-hydrogen) atoms. The molecule has 0 aliphatic carbocycles. The monoisotopic (exact) mass is 391 g/mol. The molecule has 8 heteroatoms. The number of aromatic nitrogens is 5. The van der Waals surface area contributed by atoms with Crippen molar-refractivity contribution in [1.82, 2.24) is 24.9 Å². The second-order valence-corrected chi connectivity index (χ2v) is 7.18. The molecule has 3 aromatic rings. The number of ether oxygens (including phenoxy) is 1. The Labute approximate surface area is 170 Å². The van der Waals surface area contributed by atoms with E-state index in [0.717, 1.165) is 60.2 Å². The summed E-state index contributed by atoms with van der Waals surface area (Å²) in [7, 11) is 1.79. The molecule has 4 rings (SSSR count). The number of fused-ring (bicyclic) bond motifs is 1. The van der Waals surface area contributed by atoms with Gasteiger partial charge in [-0.2, -0.15) is 0 Å². The van der Waals surface area contributed by atoms with Gasteiger partial charge in [-0.25, -0.2) is 19.9 Å². The van der Waals surface area contributed by atoms with Crippen LogP contribution in [-0.4, -0.2) is 45.1 Å². The highest BCUT2D eigenvalue weighted by Gasteiger charge is 2.21. The van der Waals surface area contributed by atoms with Crippen LogP contribution in [0.25, 0.3) is 11.3 Å². The summed E-state index contributed by atoms with van der Waals surface area (Å²) in [5, 5.41) is 6.31. The van der Waals surface area contributed by atoms with Gasteiger partial charge in [0.25, 0.3) is 0 Å². The van der Waals surface area contributed by atoms with Crippen LogP contribution in [-0.2, 0) is 6.42 Å². The highest BCUT2D eigenvalue weighted by molar-refractivity contribution is 5.60. The third-order valence-corrected chi connectivity index (χ3v) is 5.04. The minimum Gasteiger partial charge on any atom is -0.491 e. The van der Waals surface area contributed by atoms with E-state index >= 15 is 0 Å². The van der Waals surface area contributed by atoms with Crippen molar-refractivity contribution in [3.05, 3.63) is 47.8 Å². The number of aryl methyl sites for hydroxylation is 1. The van der Waals surface area contributed by atoms with E-state index in [2.05, 4.69) is 48.5 Å². The van der Waals surface area contributed by atoms with Gasteiger partial charge >= 0.3 is 0 Å². The Morgan fingerprint density at radius 2 is 1.97 bits per heavy atom. The number of nitrogens with zero attached hydrogens (tertiary/aromatic N) is 5. The van der Waals surface area contributed by atoms with E-state index in [1.165, 1.54) is 5.56 Å². The van der Waals surface area contributed by atoms with E-state index in [0.29, 0.717) is 11.9 Å². The molecule has 1 atom stereocenters. The van der Waals surface area contributed by atoms with Crippen molar-refractivity contribution >= 4 is 11.8 Å². The van der Waals surface area contributed by atoms with Gasteiger partial charge in [0.15, 0.2) is 0 Å². The summed E-state index contributed by atoms with van der Waals surface area (Å²) in [6.45, 7) is 5.79. The van der Waals surface area contributed by atoms with Gasteiger partial charge < -0.3 is 15.4 Å². The molecule has 0 aromatic carbocycles. The zero-order chi connectivity index (χ0) is 20.2. The maximum atomic E-state index is 5.83. The zero-order valence-corrected chi connectivity index (χ0v) is 16.9. The minimum atomic E-state index is 0.361. The van der Waals surface area contributed by atoms with Gasteiger partial charge in [0, 0.05) is 55.3 Å². The van der Waals surface area contributed by atoms with Gasteiger partial charge in [-0.05, 0) is 25.3 Å². The lowest BCUT2D eigenvalue weighted by Crippen LogP contribution is -2.09. The molecule has 0 radical (unpaired) electrons. The molecule has 2 N–H and O–H groups in total. The van der Waals surface area contributed by atoms with E-state index in [1.807, 2.05) is 13.0 Å². The molecule has 150 valence electrons. The first-order chi connectivity index (χ1) is 14.1. The summed E-state index contributed by atoms with van der Waals surface area (Å²) < 4.78 is 5.83. The van der Waals surface area contributed by atoms with Crippen LogP contribution in [0.3, 0.4) is 0 Å². The molecule has 0 fully saturated rings. The number of anilines is 2. The number of pyridine rings is 1. The largest absolute Gasteiger partial charge is 0.491 e. The van der Waals surface area contributed by atoms with Gasteiger partial charge in [-0.3, -0.25) is 4.98 Å². The maximum absolute atomic E-state index is 5.83. The van der Waals surface area contributed by atoms with Crippen molar-refractivity contribution in [3.8, 4) is 17.0 Å². The molecule has 0 spiro atoms. The summed E-state index contributed by atoms with van der Waals surface area (Å²) in [6, 6.07) is 4.06. The Morgan fingerprint density at radius 1 is 1.14 bits per heavy atom. The molecule has 1 aliphatic rings. The van der Waals surface area contributed by atoms with Crippen molar-refractivity contribution < 1.29 is 4.74 Å². The Morgan fingerprint density at radius 3 is 2.76 bits per heavy atom. The second kappa shape index (κ2) is 8.38. The summed E-state index contributed by atoms with van der Waals surface area (Å²) in [6.07, 6.45) is 6.91. The van der Waals surface area contributed by atoms with E-state index in [-0.39, 0.29) is 0 Å². The molecule has 0 bridgehead atoms. The molecule has 1 unspecified atom stereocenters. The standard InChI is InChI=1S/C21H25N7O/c1-13(16-8-14(2)28-17-5-7-29-20(16)17)4-6-23-19-9-18(26-12-27-19)15-10-24-21(22-3)25-11-15/h8-13H,4-7H2,1-3H3,(H,22,24,25)(H,23,26,27). The summed E-state index contributed by atoms with van der Waals surface area (Å²) in [5.41, 5.74) is 5.02. The van der Waals surface area contributed by atoms with Gasteiger partial charge in [0.2, 0.25) is 5.95 Å². The third kappa shape index (κ3) is 4.26. The average molecular weight is 391 g/mol. The SMILES string of the molecule is CNc1ncc(-c2cc(NCCC(C)c3cc(C)nc4c3OCC4)ncn2)cn1. The van der Waals surface area contributed by atoms with E-state index in [1.54, 1.807) is 25.8 Å². The topological polar surface area (TPSA) is 97.7 Å². The quantitative estimate of drug-likeness (QED) is 0.634. The Kier molecular flexibility index (Phi) is 5.50. The molecule has 0 saturated carbocycles. The number of hydrogen-bond donors (Lipinski definition) is 2. The molecule has 8 nitrogen and oxygen atoms in total. The molecule has 1 aliphatic heterocycles. The van der Waals surface area contributed by atoms with Crippen molar-refractivity contribution in [3.63, 3.8) is 0 Å². The van der Waals surface area contributed by atoms with Crippen LogP contribution in [0, 0.1) is 6.92 Å². The lowest BCUT2D eigenvalue weighted by atomic mass is 9.96. The normalized spacial score (nSPS) is 13.5. The number of hydrogen-bond acceptors (Lipinski definition) is 8. The lowest BCUT2D eigenvalue weighted by molar-refractivity contribution is 0.351. The summed E-state index contributed by atoms with van der Waals surface area (Å²) >= 11 is 0. The van der Waals surface area contributed by atoms with Gasteiger partial charge in [-0.15, -0.1) is 0 Å². The lowest BCUT2D eigenvalue weighted by Gasteiger charge is -2.16. The first-order valence-electron chi connectivity index (χ1n) is 9.83. The zero-order valence-electron chi connectivity index (χ0n) is 16.9. The van der Waals surface area contributed by atoms with Crippen LogP contribution >= 0.6 is 0 Å². The fourth-order valence-electron chi connectivity index (χ4n) is 3.48. The molecule has 0 saturated heterocycles. The fraction of sp³-hybridized carbons (Fsp3) is 0.381. The van der Waals surface area contributed by atoms with Crippen LogP contribution in [0.1, 0.15) is 36.2 Å². The molecule has 3 aromatic heterocycles. The van der Waals surface area contributed by atoms with E-state index < -0.39 is 0 Å². The van der Waals surface area contributed by atoms with Crippen LogP contribution < -0.4 is 15.4 Å². The highest BCUT2D eigenvalue weighted by Crippen LogP contribution is 2.35. The van der Waals surface area contributed by atoms with Crippen molar-refractivity contribution in [1.29, 1.82) is 0 Å². The van der Waals surface area contributed by atoms with Gasteiger partial charge in [-0.1, -0.05) is 6.92 Å². The fourth-order valence-corrected chi connectivity index (χ4v) is 3.48. The molecular formula is C21H25N7O. The Balaban J connectivity index is 1.40.